The van der Waals surface area contributed by atoms with Gasteiger partial charge in [0.15, 0.2) is 6.61 Å². The first-order valence-corrected chi connectivity index (χ1v) is 9.30. The number of carbonyl (C=O) groups excluding carboxylic acids is 2. The summed E-state index contributed by atoms with van der Waals surface area (Å²) in [6, 6.07) is 16.7. The third-order valence-corrected chi connectivity index (χ3v) is 4.43. The zero-order valence-corrected chi connectivity index (χ0v) is 16.1. The van der Waals surface area contributed by atoms with E-state index in [9.17, 15) is 9.59 Å². The SMILES string of the molecule is CCOc1ccccc1NC(=O)COC(=O)C(c1ccccc1)C(C)CC. The van der Waals surface area contributed by atoms with Crippen LogP contribution in [0.2, 0.25) is 0 Å². The van der Waals surface area contributed by atoms with Gasteiger partial charge in [-0.3, -0.25) is 9.59 Å². The van der Waals surface area contributed by atoms with Gasteiger partial charge in [-0.1, -0.05) is 62.7 Å². The molecule has 0 aliphatic rings. The molecule has 0 aliphatic carbocycles. The Morgan fingerprint density at radius 1 is 1.00 bits per heavy atom. The highest BCUT2D eigenvalue weighted by molar-refractivity contribution is 5.94. The van der Waals surface area contributed by atoms with E-state index < -0.39 is 5.91 Å². The lowest BCUT2D eigenvalue weighted by molar-refractivity contribution is -0.150. The Hall–Kier alpha value is -2.82. The highest BCUT2D eigenvalue weighted by atomic mass is 16.5. The average Bonchev–Trinajstić information content (AvgIpc) is 2.69. The summed E-state index contributed by atoms with van der Waals surface area (Å²) < 4.78 is 10.8. The van der Waals surface area contributed by atoms with E-state index in [0.717, 1.165) is 12.0 Å². The molecule has 2 unspecified atom stereocenters. The first-order valence-electron chi connectivity index (χ1n) is 9.30. The number of ether oxygens (including phenoxy) is 2. The molecule has 0 heterocycles. The van der Waals surface area contributed by atoms with Crippen LogP contribution >= 0.6 is 0 Å². The second-order valence-corrected chi connectivity index (χ2v) is 6.36. The minimum atomic E-state index is -0.397. The number of amides is 1. The minimum Gasteiger partial charge on any atom is -0.492 e. The van der Waals surface area contributed by atoms with Gasteiger partial charge < -0.3 is 14.8 Å². The molecule has 0 fully saturated rings. The second kappa shape index (κ2) is 10.4. The van der Waals surface area contributed by atoms with Gasteiger partial charge in [-0.25, -0.2) is 0 Å². The van der Waals surface area contributed by atoms with Crippen LogP contribution in [-0.2, 0) is 14.3 Å². The molecule has 2 aromatic rings. The Balaban J connectivity index is 1.99. The van der Waals surface area contributed by atoms with Crippen molar-refractivity contribution in [2.24, 2.45) is 5.92 Å². The molecule has 5 heteroatoms. The molecule has 0 saturated carbocycles. The highest BCUT2D eigenvalue weighted by Gasteiger charge is 2.27. The van der Waals surface area contributed by atoms with Gasteiger partial charge in [-0.2, -0.15) is 0 Å². The molecule has 2 aromatic carbocycles. The summed E-state index contributed by atoms with van der Waals surface area (Å²) in [6.07, 6.45) is 0.836. The number of para-hydroxylation sites is 2. The number of benzene rings is 2. The molecular weight excluding hydrogens is 342 g/mol. The van der Waals surface area contributed by atoms with E-state index in [4.69, 9.17) is 9.47 Å². The second-order valence-electron chi connectivity index (χ2n) is 6.36. The molecule has 0 saturated heterocycles. The molecule has 27 heavy (non-hydrogen) atoms. The van der Waals surface area contributed by atoms with Crippen molar-refractivity contribution in [2.75, 3.05) is 18.5 Å². The molecule has 5 nitrogen and oxygen atoms in total. The number of esters is 1. The van der Waals surface area contributed by atoms with Crippen molar-refractivity contribution in [1.29, 1.82) is 0 Å². The molecule has 2 atom stereocenters. The van der Waals surface area contributed by atoms with Gasteiger partial charge in [0.2, 0.25) is 0 Å². The lowest BCUT2D eigenvalue weighted by atomic mass is 9.86. The molecule has 0 aliphatic heterocycles. The minimum absolute atomic E-state index is 0.113. The maximum Gasteiger partial charge on any atom is 0.314 e. The molecule has 2 rings (SSSR count). The Morgan fingerprint density at radius 3 is 2.33 bits per heavy atom. The van der Waals surface area contributed by atoms with Gasteiger partial charge in [0.1, 0.15) is 5.75 Å². The Kier molecular flexibility index (Phi) is 7.86. The predicted octanol–water partition coefficient (Wildman–Crippen LogP) is 4.40. The maximum absolute atomic E-state index is 12.6. The van der Waals surface area contributed by atoms with Crippen molar-refractivity contribution in [3.63, 3.8) is 0 Å². The van der Waals surface area contributed by atoms with E-state index >= 15 is 0 Å². The molecule has 1 amide bonds. The Bertz CT molecular complexity index is 745. The summed E-state index contributed by atoms with van der Waals surface area (Å²) in [7, 11) is 0. The quantitative estimate of drug-likeness (QED) is 0.666. The van der Waals surface area contributed by atoms with Crippen LogP contribution in [0, 0.1) is 5.92 Å². The smallest absolute Gasteiger partial charge is 0.314 e. The van der Waals surface area contributed by atoms with E-state index in [1.807, 2.05) is 57.2 Å². The number of nitrogens with one attached hydrogen (secondary N) is 1. The molecule has 0 aromatic heterocycles. The largest absolute Gasteiger partial charge is 0.492 e. The summed E-state index contributed by atoms with van der Waals surface area (Å²) in [6.45, 7) is 6.08. The molecule has 144 valence electrons. The molecule has 0 spiro atoms. The van der Waals surface area contributed by atoms with Crippen LogP contribution in [0.5, 0.6) is 5.75 Å². The molecular formula is C22H27NO4. The molecule has 0 radical (unpaired) electrons. The van der Waals surface area contributed by atoms with Crippen molar-refractivity contribution >= 4 is 17.6 Å². The summed E-state index contributed by atoms with van der Waals surface area (Å²) in [5, 5.41) is 2.73. The van der Waals surface area contributed by atoms with E-state index in [2.05, 4.69) is 5.32 Å². The first-order chi connectivity index (χ1) is 13.1. The number of hydrogen-bond donors (Lipinski definition) is 1. The number of anilines is 1. The zero-order chi connectivity index (χ0) is 19.6. The van der Waals surface area contributed by atoms with Gasteiger partial charge in [-0.15, -0.1) is 0 Å². The predicted molar refractivity (Wildman–Crippen MR) is 106 cm³/mol. The van der Waals surface area contributed by atoms with E-state index in [-0.39, 0.29) is 24.4 Å². The summed E-state index contributed by atoms with van der Waals surface area (Å²) in [5.41, 5.74) is 1.46. The average molecular weight is 369 g/mol. The van der Waals surface area contributed by atoms with Crippen LogP contribution in [-0.4, -0.2) is 25.1 Å². The lowest BCUT2D eigenvalue weighted by Gasteiger charge is -2.21. The van der Waals surface area contributed by atoms with Crippen LogP contribution in [0.3, 0.4) is 0 Å². The van der Waals surface area contributed by atoms with E-state index in [0.29, 0.717) is 18.0 Å². The van der Waals surface area contributed by atoms with E-state index in [1.54, 1.807) is 18.2 Å². The fourth-order valence-electron chi connectivity index (χ4n) is 2.86. The van der Waals surface area contributed by atoms with Gasteiger partial charge in [0, 0.05) is 0 Å². The summed E-state index contributed by atoms with van der Waals surface area (Å²) in [4.78, 5) is 24.9. The number of rotatable bonds is 9. The van der Waals surface area contributed by atoms with Crippen LogP contribution in [0.25, 0.3) is 0 Å². The first kappa shape index (κ1) is 20.5. The van der Waals surface area contributed by atoms with Gasteiger partial charge in [0.05, 0.1) is 18.2 Å². The van der Waals surface area contributed by atoms with Crippen LogP contribution < -0.4 is 10.1 Å². The van der Waals surface area contributed by atoms with Crippen LogP contribution in [0.15, 0.2) is 54.6 Å². The molecule has 0 bridgehead atoms. The van der Waals surface area contributed by atoms with E-state index in [1.165, 1.54) is 0 Å². The zero-order valence-electron chi connectivity index (χ0n) is 16.1. The fraction of sp³-hybridized carbons (Fsp3) is 0.364. The van der Waals surface area contributed by atoms with Crippen molar-refractivity contribution in [2.45, 2.75) is 33.1 Å². The number of carbonyl (C=O) groups is 2. The van der Waals surface area contributed by atoms with Crippen LogP contribution in [0.1, 0.15) is 38.7 Å². The Labute approximate surface area is 160 Å². The Morgan fingerprint density at radius 2 is 1.67 bits per heavy atom. The van der Waals surface area contributed by atoms with Gasteiger partial charge in [-0.05, 0) is 30.5 Å². The van der Waals surface area contributed by atoms with Crippen molar-refractivity contribution in [3.05, 3.63) is 60.2 Å². The monoisotopic (exact) mass is 369 g/mol. The van der Waals surface area contributed by atoms with Crippen molar-refractivity contribution in [3.8, 4) is 5.75 Å². The maximum atomic E-state index is 12.6. The lowest BCUT2D eigenvalue weighted by Crippen LogP contribution is -2.27. The summed E-state index contributed by atoms with van der Waals surface area (Å²) >= 11 is 0. The van der Waals surface area contributed by atoms with Gasteiger partial charge >= 0.3 is 5.97 Å². The normalized spacial score (nSPS) is 12.7. The van der Waals surface area contributed by atoms with Crippen LogP contribution in [0.4, 0.5) is 5.69 Å². The highest BCUT2D eigenvalue weighted by Crippen LogP contribution is 2.28. The van der Waals surface area contributed by atoms with Crippen molar-refractivity contribution < 1.29 is 19.1 Å². The topological polar surface area (TPSA) is 64.6 Å². The van der Waals surface area contributed by atoms with Crippen molar-refractivity contribution in [1.82, 2.24) is 0 Å². The third kappa shape index (κ3) is 5.84. The van der Waals surface area contributed by atoms with Gasteiger partial charge in [0.25, 0.3) is 5.91 Å². The summed E-state index contributed by atoms with van der Waals surface area (Å²) in [5.74, 6) is -0.474. The fourth-order valence-corrected chi connectivity index (χ4v) is 2.86. The number of hydrogen-bond acceptors (Lipinski definition) is 4. The standard InChI is InChI=1S/C22H27NO4/c1-4-16(3)21(17-11-7-6-8-12-17)22(25)27-15-20(24)23-18-13-9-10-14-19(18)26-5-2/h6-14,16,21H,4-5,15H2,1-3H3,(H,23,24). The third-order valence-electron chi connectivity index (χ3n) is 4.43. The molecule has 1 N–H and O–H groups in total.